The van der Waals surface area contributed by atoms with Gasteiger partial charge in [0.2, 0.25) is 0 Å². The Bertz CT molecular complexity index is 859. The van der Waals surface area contributed by atoms with E-state index in [1.807, 2.05) is 52.0 Å². The van der Waals surface area contributed by atoms with Gasteiger partial charge >= 0.3 is 7.12 Å². The third-order valence-electron chi connectivity index (χ3n) is 5.30. The van der Waals surface area contributed by atoms with E-state index in [0.29, 0.717) is 24.4 Å². The summed E-state index contributed by atoms with van der Waals surface area (Å²) in [6.07, 6.45) is 2.15. The van der Waals surface area contributed by atoms with Gasteiger partial charge in [-0.1, -0.05) is 12.1 Å². The molecule has 0 saturated carbocycles. The summed E-state index contributed by atoms with van der Waals surface area (Å²) >= 11 is 0. The maximum Gasteiger partial charge on any atom is 0.462 e. The average molecular weight is 380 g/mol. The molecule has 2 heterocycles. The maximum absolute atomic E-state index is 9.19. The number of rotatable bonds is 6. The number of methoxy groups -OCH3 is 1. The molecule has 2 aromatic rings. The third kappa shape index (κ3) is 4.29. The minimum absolute atomic E-state index is 0.308. The minimum atomic E-state index is -0.401. The normalized spacial score (nSPS) is 17.2. The smallest absolute Gasteiger partial charge is 0.462 e. The van der Waals surface area contributed by atoms with E-state index in [2.05, 4.69) is 11.1 Å². The molecule has 0 unspecified atom stereocenters. The summed E-state index contributed by atoms with van der Waals surface area (Å²) < 4.78 is 23.4. The summed E-state index contributed by atoms with van der Waals surface area (Å²) in [7, 11) is 1.23. The summed E-state index contributed by atoms with van der Waals surface area (Å²) in [4.78, 5) is 4.18. The van der Waals surface area contributed by atoms with Gasteiger partial charge in [-0.15, -0.1) is 0 Å². The fourth-order valence-corrected chi connectivity index (χ4v) is 2.92. The molecule has 1 aromatic carbocycles. The largest absolute Gasteiger partial charge is 0.497 e. The van der Waals surface area contributed by atoms with Crippen LogP contribution in [-0.2, 0) is 22.2 Å². The van der Waals surface area contributed by atoms with Crippen LogP contribution in [0.2, 0.25) is 0 Å². The second kappa shape index (κ2) is 7.82. The van der Waals surface area contributed by atoms with Crippen LogP contribution < -0.4 is 9.47 Å². The van der Waals surface area contributed by atoms with Gasteiger partial charge in [-0.2, -0.15) is 5.26 Å². The van der Waals surface area contributed by atoms with Gasteiger partial charge in [-0.3, -0.25) is 0 Å². The second-order valence-corrected chi connectivity index (χ2v) is 7.82. The number of aromatic nitrogens is 1. The van der Waals surface area contributed by atoms with Crippen LogP contribution in [0.1, 0.15) is 44.5 Å². The summed E-state index contributed by atoms with van der Waals surface area (Å²) in [5.41, 5.74) is 1.34. The molecule has 1 aromatic heterocycles. The van der Waals surface area contributed by atoms with Gasteiger partial charge in [-0.25, -0.2) is 4.98 Å². The van der Waals surface area contributed by atoms with Crippen molar-refractivity contribution in [3.8, 4) is 17.6 Å². The summed E-state index contributed by atoms with van der Waals surface area (Å²) in [5, 5.41) is 9.19. The van der Waals surface area contributed by atoms with Crippen LogP contribution in [-0.4, -0.2) is 30.4 Å². The van der Waals surface area contributed by atoms with E-state index < -0.39 is 18.3 Å². The van der Waals surface area contributed by atoms with Gasteiger partial charge in [0, 0.05) is 24.1 Å². The van der Waals surface area contributed by atoms with Crippen molar-refractivity contribution < 1.29 is 18.8 Å². The lowest BCUT2D eigenvalue weighted by atomic mass is 9.81. The Morgan fingerprint density at radius 1 is 1.11 bits per heavy atom. The molecule has 1 aliphatic rings. The Labute approximate surface area is 166 Å². The highest BCUT2D eigenvalue weighted by Gasteiger charge is 2.51. The molecule has 1 fully saturated rings. The van der Waals surface area contributed by atoms with Gasteiger partial charge in [0.1, 0.15) is 29.9 Å². The molecular formula is C21H25BN2O4. The van der Waals surface area contributed by atoms with E-state index in [1.54, 1.807) is 19.4 Å². The van der Waals surface area contributed by atoms with Gasteiger partial charge in [0.15, 0.2) is 0 Å². The van der Waals surface area contributed by atoms with Crippen molar-refractivity contribution in [3.63, 3.8) is 0 Å². The number of benzene rings is 1. The van der Waals surface area contributed by atoms with Crippen LogP contribution in [0, 0.1) is 11.3 Å². The van der Waals surface area contributed by atoms with Gasteiger partial charge in [0.05, 0.1) is 18.3 Å². The molecule has 6 nitrogen and oxygen atoms in total. The molecule has 1 aliphatic heterocycles. The van der Waals surface area contributed by atoms with Crippen LogP contribution in [0.5, 0.6) is 11.5 Å². The van der Waals surface area contributed by atoms with Crippen molar-refractivity contribution in [1.29, 1.82) is 5.26 Å². The van der Waals surface area contributed by atoms with Crippen LogP contribution in [0.15, 0.2) is 36.5 Å². The number of hydrogen-bond donors (Lipinski definition) is 0. The molecule has 0 amide bonds. The van der Waals surface area contributed by atoms with Gasteiger partial charge in [0.25, 0.3) is 0 Å². The summed E-state index contributed by atoms with van der Waals surface area (Å²) in [5.74, 6) is 1.40. The molecule has 0 spiro atoms. The van der Waals surface area contributed by atoms with Crippen molar-refractivity contribution in [2.75, 3.05) is 7.11 Å². The van der Waals surface area contributed by atoms with Crippen LogP contribution >= 0.6 is 0 Å². The van der Waals surface area contributed by atoms with Crippen LogP contribution in [0.25, 0.3) is 0 Å². The first-order valence-electron chi connectivity index (χ1n) is 9.24. The molecular weight excluding hydrogens is 355 g/mol. The summed E-state index contributed by atoms with van der Waals surface area (Å²) in [6.45, 7) is 8.45. The van der Waals surface area contributed by atoms with Crippen LogP contribution in [0.4, 0.5) is 0 Å². The Kier molecular flexibility index (Phi) is 5.64. The number of hydrogen-bond acceptors (Lipinski definition) is 6. The lowest BCUT2D eigenvalue weighted by molar-refractivity contribution is 0.00578. The topological polar surface area (TPSA) is 73.6 Å². The number of nitriles is 1. The van der Waals surface area contributed by atoms with Crippen molar-refractivity contribution in [1.82, 2.24) is 4.98 Å². The second-order valence-electron chi connectivity index (χ2n) is 7.82. The lowest BCUT2D eigenvalue weighted by Gasteiger charge is -2.32. The number of nitrogens with zero attached hydrogens (tertiary/aromatic N) is 2. The molecule has 0 bridgehead atoms. The van der Waals surface area contributed by atoms with E-state index in [1.165, 1.54) is 0 Å². The van der Waals surface area contributed by atoms with E-state index in [4.69, 9.17) is 18.8 Å². The Morgan fingerprint density at radius 3 is 2.32 bits per heavy atom. The monoisotopic (exact) mass is 380 g/mol. The average Bonchev–Trinajstić information content (AvgIpc) is 2.87. The highest BCUT2D eigenvalue weighted by Crippen LogP contribution is 2.38. The number of ether oxygens (including phenoxy) is 2. The molecule has 3 rings (SSSR count). The van der Waals surface area contributed by atoms with E-state index in [9.17, 15) is 5.26 Å². The molecule has 28 heavy (non-hydrogen) atoms. The van der Waals surface area contributed by atoms with Gasteiger partial charge in [-0.05, 0) is 45.4 Å². The first kappa shape index (κ1) is 20.2. The third-order valence-corrected chi connectivity index (χ3v) is 5.30. The SMILES string of the molecule is COc1ccc(COc2cc(C#N)ncc2CB2OC(C)(C)C(C)(C)O2)cc1. The molecule has 0 radical (unpaired) electrons. The first-order chi connectivity index (χ1) is 13.2. The Morgan fingerprint density at radius 2 is 1.75 bits per heavy atom. The fourth-order valence-electron chi connectivity index (χ4n) is 2.92. The molecule has 146 valence electrons. The van der Waals surface area contributed by atoms with Crippen molar-refractivity contribution in [3.05, 3.63) is 53.3 Å². The number of pyridine rings is 1. The highest BCUT2D eigenvalue weighted by molar-refractivity contribution is 6.45. The predicted octanol–water partition coefficient (Wildman–Crippen LogP) is 3.71. The molecule has 0 N–H and O–H groups in total. The molecule has 1 saturated heterocycles. The highest BCUT2D eigenvalue weighted by atomic mass is 16.7. The standard InChI is InChI=1S/C21H25BN2O4/c1-20(2)21(3,4)28-22(27-20)11-16-13-24-17(12-23)10-19(16)26-14-15-6-8-18(25-5)9-7-15/h6-10,13H,11,14H2,1-5H3. The van der Waals surface area contributed by atoms with Crippen molar-refractivity contribution in [2.24, 2.45) is 0 Å². The van der Waals surface area contributed by atoms with Crippen LogP contribution in [0.3, 0.4) is 0 Å². The molecule has 0 atom stereocenters. The van der Waals surface area contributed by atoms with E-state index in [-0.39, 0.29) is 0 Å². The lowest BCUT2D eigenvalue weighted by Crippen LogP contribution is -2.41. The zero-order chi connectivity index (χ0) is 20.4. The Hall–Kier alpha value is -2.56. The first-order valence-corrected chi connectivity index (χ1v) is 9.24. The van der Waals surface area contributed by atoms with E-state index in [0.717, 1.165) is 16.9 Å². The predicted molar refractivity (Wildman–Crippen MR) is 106 cm³/mol. The zero-order valence-electron chi connectivity index (χ0n) is 17.0. The van der Waals surface area contributed by atoms with Gasteiger partial charge < -0.3 is 18.8 Å². The summed E-state index contributed by atoms with van der Waals surface area (Å²) in [6, 6.07) is 11.4. The zero-order valence-corrected chi connectivity index (χ0v) is 17.0. The van der Waals surface area contributed by atoms with E-state index >= 15 is 0 Å². The maximum atomic E-state index is 9.19. The van der Waals surface area contributed by atoms with Crippen molar-refractivity contribution in [2.45, 2.75) is 51.8 Å². The molecule has 0 aliphatic carbocycles. The Balaban J connectivity index is 1.75. The quantitative estimate of drug-likeness (QED) is 0.712. The molecule has 7 heteroatoms. The fraction of sp³-hybridized carbons (Fsp3) is 0.429. The minimum Gasteiger partial charge on any atom is -0.497 e. The van der Waals surface area contributed by atoms with Crippen molar-refractivity contribution >= 4 is 7.12 Å².